The average molecular weight is 372 g/mol. The molecule has 26 heavy (non-hydrogen) atoms. The molecule has 0 bridgehead atoms. The lowest BCUT2D eigenvalue weighted by molar-refractivity contribution is 0.589. The SMILES string of the molecule is Cc1ccc(/C=C/S(=O)(=O)NCc2cc(C)nc(N3CCCC3)n2)cc1. The Kier molecular flexibility index (Phi) is 5.68. The van der Waals surface area contributed by atoms with E-state index in [0.717, 1.165) is 42.8 Å². The van der Waals surface area contributed by atoms with E-state index < -0.39 is 10.0 Å². The lowest BCUT2D eigenvalue weighted by atomic mass is 10.2. The molecule has 1 N–H and O–H groups in total. The van der Waals surface area contributed by atoms with E-state index >= 15 is 0 Å². The van der Waals surface area contributed by atoms with Crippen molar-refractivity contribution in [3.05, 3.63) is 58.3 Å². The van der Waals surface area contributed by atoms with Crippen LogP contribution in [0.15, 0.2) is 35.7 Å². The predicted octanol–water partition coefficient (Wildman–Crippen LogP) is 2.78. The molecule has 1 fully saturated rings. The minimum atomic E-state index is -3.54. The van der Waals surface area contributed by atoms with E-state index in [1.54, 1.807) is 6.08 Å². The molecule has 0 radical (unpaired) electrons. The van der Waals surface area contributed by atoms with Gasteiger partial charge in [0.05, 0.1) is 12.2 Å². The molecule has 0 amide bonds. The number of benzene rings is 1. The summed E-state index contributed by atoms with van der Waals surface area (Å²) in [4.78, 5) is 11.1. The lowest BCUT2D eigenvalue weighted by Gasteiger charge is -2.16. The smallest absolute Gasteiger partial charge is 0.234 e. The van der Waals surface area contributed by atoms with Crippen LogP contribution in [0, 0.1) is 13.8 Å². The van der Waals surface area contributed by atoms with Gasteiger partial charge in [-0.05, 0) is 44.4 Å². The topological polar surface area (TPSA) is 75.2 Å². The van der Waals surface area contributed by atoms with Gasteiger partial charge in [-0.2, -0.15) is 0 Å². The van der Waals surface area contributed by atoms with Gasteiger partial charge in [-0.15, -0.1) is 0 Å². The van der Waals surface area contributed by atoms with Gasteiger partial charge in [-0.25, -0.2) is 23.1 Å². The van der Waals surface area contributed by atoms with Crippen LogP contribution in [-0.2, 0) is 16.6 Å². The highest BCUT2D eigenvalue weighted by Gasteiger charge is 2.16. The Hall–Kier alpha value is -2.25. The fourth-order valence-electron chi connectivity index (χ4n) is 2.83. The molecule has 0 unspecified atom stereocenters. The highest BCUT2D eigenvalue weighted by molar-refractivity contribution is 7.92. The van der Waals surface area contributed by atoms with E-state index in [1.165, 1.54) is 5.41 Å². The molecule has 1 saturated heterocycles. The zero-order valence-electron chi connectivity index (χ0n) is 15.1. The van der Waals surface area contributed by atoms with Crippen LogP contribution in [0.25, 0.3) is 6.08 Å². The molecule has 0 aliphatic carbocycles. The number of nitrogens with one attached hydrogen (secondary N) is 1. The number of rotatable bonds is 6. The van der Waals surface area contributed by atoms with Crippen LogP contribution in [0.2, 0.25) is 0 Å². The van der Waals surface area contributed by atoms with Crippen molar-refractivity contribution in [2.75, 3.05) is 18.0 Å². The summed E-state index contributed by atoms with van der Waals surface area (Å²) in [6.45, 7) is 5.94. The van der Waals surface area contributed by atoms with Gasteiger partial charge in [0, 0.05) is 24.2 Å². The first kappa shape index (κ1) is 18.5. The van der Waals surface area contributed by atoms with Crippen LogP contribution in [0.5, 0.6) is 0 Å². The maximum atomic E-state index is 12.2. The molecular weight excluding hydrogens is 348 g/mol. The average Bonchev–Trinajstić information content (AvgIpc) is 3.14. The second-order valence-corrected chi connectivity index (χ2v) is 8.23. The largest absolute Gasteiger partial charge is 0.341 e. The summed E-state index contributed by atoms with van der Waals surface area (Å²) >= 11 is 0. The summed E-state index contributed by atoms with van der Waals surface area (Å²) in [5.41, 5.74) is 3.49. The highest BCUT2D eigenvalue weighted by Crippen LogP contribution is 2.16. The van der Waals surface area contributed by atoms with Crippen molar-refractivity contribution >= 4 is 22.0 Å². The van der Waals surface area contributed by atoms with Gasteiger partial charge in [0.2, 0.25) is 16.0 Å². The van der Waals surface area contributed by atoms with Crippen molar-refractivity contribution in [2.45, 2.75) is 33.2 Å². The van der Waals surface area contributed by atoms with Crippen molar-refractivity contribution in [3.8, 4) is 0 Å². The van der Waals surface area contributed by atoms with E-state index in [0.29, 0.717) is 11.6 Å². The summed E-state index contributed by atoms with van der Waals surface area (Å²) in [6.07, 6.45) is 3.87. The second-order valence-electron chi connectivity index (χ2n) is 6.57. The Morgan fingerprint density at radius 2 is 1.81 bits per heavy atom. The molecule has 1 aromatic carbocycles. The standard InChI is InChI=1S/C19H24N4O2S/c1-15-5-7-17(8-6-15)9-12-26(24,25)20-14-18-13-16(2)21-19(22-18)23-10-3-4-11-23/h5-9,12-13,20H,3-4,10-11,14H2,1-2H3/b12-9+. The van der Waals surface area contributed by atoms with E-state index in [-0.39, 0.29) is 6.54 Å². The third-order valence-electron chi connectivity index (χ3n) is 4.26. The Morgan fingerprint density at radius 3 is 2.50 bits per heavy atom. The second kappa shape index (κ2) is 7.97. The summed E-state index contributed by atoms with van der Waals surface area (Å²) in [6, 6.07) is 9.48. The zero-order valence-corrected chi connectivity index (χ0v) is 16.0. The number of nitrogens with zero attached hydrogens (tertiary/aromatic N) is 3. The summed E-state index contributed by atoms with van der Waals surface area (Å²) in [7, 11) is -3.54. The molecule has 2 heterocycles. The van der Waals surface area contributed by atoms with Gasteiger partial charge in [0.1, 0.15) is 0 Å². The van der Waals surface area contributed by atoms with Crippen LogP contribution in [-0.4, -0.2) is 31.5 Å². The minimum Gasteiger partial charge on any atom is -0.341 e. The first-order chi connectivity index (χ1) is 12.4. The molecule has 1 aromatic heterocycles. The van der Waals surface area contributed by atoms with Crippen molar-refractivity contribution in [2.24, 2.45) is 0 Å². The molecule has 0 spiro atoms. The van der Waals surface area contributed by atoms with E-state index in [2.05, 4.69) is 19.6 Å². The molecule has 3 rings (SSSR count). The highest BCUT2D eigenvalue weighted by atomic mass is 32.2. The molecule has 2 aromatic rings. The normalized spacial score (nSPS) is 15.1. The maximum Gasteiger partial charge on any atom is 0.234 e. The van der Waals surface area contributed by atoms with Gasteiger partial charge in [0.15, 0.2) is 0 Å². The molecule has 0 saturated carbocycles. The van der Waals surface area contributed by atoms with Crippen LogP contribution in [0.3, 0.4) is 0 Å². The number of sulfonamides is 1. The van der Waals surface area contributed by atoms with Gasteiger partial charge in [-0.1, -0.05) is 29.8 Å². The third-order valence-corrected chi connectivity index (χ3v) is 5.30. The molecule has 1 aliphatic heterocycles. The van der Waals surface area contributed by atoms with Crippen molar-refractivity contribution < 1.29 is 8.42 Å². The lowest BCUT2D eigenvalue weighted by Crippen LogP contribution is -2.24. The van der Waals surface area contributed by atoms with Crippen molar-refractivity contribution in [1.29, 1.82) is 0 Å². The molecular formula is C19H24N4O2S. The minimum absolute atomic E-state index is 0.144. The third kappa shape index (κ3) is 5.12. The fraction of sp³-hybridized carbons (Fsp3) is 0.368. The number of anilines is 1. The maximum absolute atomic E-state index is 12.2. The summed E-state index contributed by atoms with van der Waals surface area (Å²) in [5, 5.41) is 1.19. The van der Waals surface area contributed by atoms with Gasteiger partial charge < -0.3 is 4.90 Å². The van der Waals surface area contributed by atoms with Crippen LogP contribution < -0.4 is 9.62 Å². The van der Waals surface area contributed by atoms with E-state index in [4.69, 9.17) is 0 Å². The molecule has 1 aliphatic rings. The van der Waals surface area contributed by atoms with Crippen LogP contribution in [0.1, 0.15) is 35.4 Å². The Bertz CT molecular complexity index is 886. The quantitative estimate of drug-likeness (QED) is 0.844. The van der Waals surface area contributed by atoms with Gasteiger partial charge in [-0.3, -0.25) is 0 Å². The van der Waals surface area contributed by atoms with Gasteiger partial charge in [0.25, 0.3) is 0 Å². The zero-order chi connectivity index (χ0) is 18.6. The Labute approximate surface area is 155 Å². The molecule has 7 heteroatoms. The van der Waals surface area contributed by atoms with Crippen LogP contribution in [0.4, 0.5) is 5.95 Å². The van der Waals surface area contributed by atoms with E-state index in [9.17, 15) is 8.42 Å². The molecule has 6 nitrogen and oxygen atoms in total. The predicted molar refractivity (Wildman–Crippen MR) is 104 cm³/mol. The number of aromatic nitrogens is 2. The number of hydrogen-bond donors (Lipinski definition) is 1. The first-order valence-corrected chi connectivity index (χ1v) is 10.3. The molecule has 0 atom stereocenters. The van der Waals surface area contributed by atoms with Crippen molar-refractivity contribution in [3.63, 3.8) is 0 Å². The fourth-order valence-corrected chi connectivity index (χ4v) is 3.62. The summed E-state index contributed by atoms with van der Waals surface area (Å²) in [5.74, 6) is 0.687. The van der Waals surface area contributed by atoms with E-state index in [1.807, 2.05) is 44.2 Å². The molecule has 138 valence electrons. The van der Waals surface area contributed by atoms with Crippen LogP contribution >= 0.6 is 0 Å². The Morgan fingerprint density at radius 1 is 1.12 bits per heavy atom. The summed E-state index contributed by atoms with van der Waals surface area (Å²) < 4.78 is 27.0. The first-order valence-electron chi connectivity index (χ1n) is 8.75. The van der Waals surface area contributed by atoms with Crippen molar-refractivity contribution in [1.82, 2.24) is 14.7 Å². The number of aryl methyl sites for hydroxylation is 2. The number of hydrogen-bond acceptors (Lipinski definition) is 5. The van der Waals surface area contributed by atoms with Gasteiger partial charge >= 0.3 is 0 Å². The Balaban J connectivity index is 1.66. The monoisotopic (exact) mass is 372 g/mol.